The van der Waals surface area contributed by atoms with Crippen molar-refractivity contribution in [2.75, 3.05) is 6.54 Å². The molecule has 43 heavy (non-hydrogen) atoms. The molecule has 0 spiro atoms. The number of nitrogens with zero attached hydrogens (tertiary/aromatic N) is 3. The Balaban J connectivity index is 0.000000557. The maximum absolute atomic E-state index is 12.3. The second-order valence-electron chi connectivity index (χ2n) is 11.2. The second-order valence-corrected chi connectivity index (χ2v) is 11.2. The molecule has 2 aromatic heterocycles. The van der Waals surface area contributed by atoms with E-state index in [1.54, 1.807) is 0 Å². The van der Waals surface area contributed by atoms with E-state index in [-0.39, 0.29) is 6.03 Å². The van der Waals surface area contributed by atoms with Gasteiger partial charge in [-0.15, -0.1) is 0 Å². The van der Waals surface area contributed by atoms with Crippen LogP contribution in [0.3, 0.4) is 0 Å². The molecule has 0 saturated heterocycles. The lowest BCUT2D eigenvalue weighted by Gasteiger charge is -2.07. The summed E-state index contributed by atoms with van der Waals surface area (Å²) in [6.45, 7) is 9.57. The van der Waals surface area contributed by atoms with Crippen molar-refractivity contribution in [2.24, 2.45) is 10.7 Å². The maximum atomic E-state index is 12.3. The molecule has 0 aliphatic heterocycles. The number of carboxylic acid groups (broad SMARTS) is 1. The molecule has 0 aliphatic rings. The number of rotatable bonds is 13. The van der Waals surface area contributed by atoms with E-state index in [0.29, 0.717) is 30.9 Å². The van der Waals surface area contributed by atoms with Gasteiger partial charge in [0.2, 0.25) is 0 Å². The number of carbonyl (C=O) groups excluding carboxylic acids is 1. The summed E-state index contributed by atoms with van der Waals surface area (Å²) in [5.41, 5.74) is 11.7. The molecule has 0 aliphatic carbocycles. The molecule has 2 aromatic carbocycles. The van der Waals surface area contributed by atoms with Crippen LogP contribution in [0, 0.1) is 0 Å². The van der Waals surface area contributed by atoms with Gasteiger partial charge in [-0.25, -0.2) is 4.79 Å². The molecule has 0 bridgehead atoms. The van der Waals surface area contributed by atoms with E-state index in [1.807, 2.05) is 29.1 Å². The first kappa shape index (κ1) is 33.5. The minimum Gasteiger partial charge on any atom is -0.481 e. The van der Waals surface area contributed by atoms with Gasteiger partial charge in [0, 0.05) is 48.0 Å². The van der Waals surface area contributed by atoms with Crippen molar-refractivity contribution < 1.29 is 14.7 Å². The number of aryl methyl sites for hydroxylation is 2. The number of nitrogens with one attached hydrogen (secondary N) is 2. The van der Waals surface area contributed by atoms with Crippen molar-refractivity contribution in [3.05, 3.63) is 70.8 Å². The van der Waals surface area contributed by atoms with E-state index in [0.717, 1.165) is 78.7 Å². The fraction of sp³-hybridized carbons (Fsp3) is 0.471. The van der Waals surface area contributed by atoms with E-state index in [1.165, 1.54) is 11.1 Å². The van der Waals surface area contributed by atoms with Gasteiger partial charge in [-0.1, -0.05) is 63.8 Å². The highest BCUT2D eigenvalue weighted by atomic mass is 16.4. The van der Waals surface area contributed by atoms with Gasteiger partial charge < -0.3 is 21.1 Å². The Morgan fingerprint density at radius 2 is 1.79 bits per heavy atom. The fourth-order valence-corrected chi connectivity index (χ4v) is 4.97. The number of carbonyl (C=O) groups is 2. The van der Waals surface area contributed by atoms with Crippen molar-refractivity contribution in [1.29, 1.82) is 0 Å². The molecule has 0 unspecified atom stereocenters. The molecule has 0 radical (unpaired) electrons. The lowest BCUT2D eigenvalue weighted by molar-refractivity contribution is -0.137. The van der Waals surface area contributed by atoms with Crippen LogP contribution in [0.15, 0.2) is 53.8 Å². The number of H-pyrrole nitrogens is 1. The molecule has 2 heterocycles. The zero-order valence-electron chi connectivity index (χ0n) is 26.2. The van der Waals surface area contributed by atoms with Crippen molar-refractivity contribution in [2.45, 2.75) is 98.1 Å². The predicted molar refractivity (Wildman–Crippen MR) is 174 cm³/mol. The van der Waals surface area contributed by atoms with Gasteiger partial charge in [-0.2, -0.15) is 10.1 Å². The number of urea groups is 1. The Kier molecular flexibility index (Phi) is 13.4. The van der Waals surface area contributed by atoms with E-state index in [9.17, 15) is 9.59 Å². The highest BCUT2D eigenvalue weighted by Crippen LogP contribution is 2.30. The number of amides is 2. The van der Waals surface area contributed by atoms with Gasteiger partial charge in [-0.05, 0) is 68.4 Å². The smallest absolute Gasteiger partial charge is 0.341 e. The molecule has 9 heteroatoms. The summed E-state index contributed by atoms with van der Waals surface area (Å²) in [5, 5.41) is 18.3. The van der Waals surface area contributed by atoms with Crippen LogP contribution >= 0.6 is 0 Å². The fourth-order valence-electron chi connectivity index (χ4n) is 4.97. The van der Waals surface area contributed by atoms with Crippen LogP contribution in [0.25, 0.3) is 21.8 Å². The molecule has 4 aromatic rings. The third-order valence-corrected chi connectivity index (χ3v) is 7.39. The van der Waals surface area contributed by atoms with E-state index in [4.69, 9.17) is 10.8 Å². The summed E-state index contributed by atoms with van der Waals surface area (Å²) in [5.74, 6) is -0.682. The molecule has 5 N–H and O–H groups in total. The normalized spacial score (nSPS) is 11.6. The number of aromatic amines is 1. The number of unbranched alkanes of at least 4 members (excludes halogenated alkanes) is 4. The number of nitrogens with two attached hydrogens (primary N) is 1. The Labute approximate surface area is 254 Å². The quantitative estimate of drug-likeness (QED) is 0.127. The van der Waals surface area contributed by atoms with Crippen molar-refractivity contribution in [1.82, 2.24) is 20.1 Å². The van der Waals surface area contributed by atoms with Gasteiger partial charge in [0.15, 0.2) is 0 Å². The number of fused-ring (bicyclic) bond motifs is 3. The summed E-state index contributed by atoms with van der Waals surface area (Å²) in [6.07, 6.45) is 12.3. The zero-order valence-corrected chi connectivity index (χ0v) is 26.2. The van der Waals surface area contributed by atoms with Gasteiger partial charge in [0.1, 0.15) is 0 Å². The van der Waals surface area contributed by atoms with Crippen molar-refractivity contribution in [3.63, 3.8) is 0 Å². The molecule has 9 nitrogen and oxygen atoms in total. The predicted octanol–water partition coefficient (Wildman–Crippen LogP) is 6.79. The van der Waals surface area contributed by atoms with E-state index in [2.05, 4.69) is 72.5 Å². The summed E-state index contributed by atoms with van der Waals surface area (Å²) in [6, 6.07) is 12.2. The molecule has 232 valence electrons. The third kappa shape index (κ3) is 10.1. The monoisotopic (exact) mass is 588 g/mol. The minimum atomic E-state index is -0.682. The van der Waals surface area contributed by atoms with Crippen LogP contribution in [-0.4, -0.2) is 38.4 Å². The van der Waals surface area contributed by atoms with Crippen LogP contribution in [0.4, 0.5) is 4.79 Å². The van der Waals surface area contributed by atoms with Gasteiger partial charge in [0.25, 0.3) is 0 Å². The zero-order chi connectivity index (χ0) is 31.2. The SMILES string of the molecule is CCCCCC(=O)O.CCCCCNC(=O)N=c1cccc2c(c1)[nH]c1c(CCc3cnn(C(C)C)c3)ccc(CN)c12. The van der Waals surface area contributed by atoms with Crippen molar-refractivity contribution >= 4 is 33.8 Å². The average Bonchev–Trinajstić information content (AvgIpc) is 3.55. The molecule has 4 rings (SSSR count). The molecular weight excluding hydrogens is 540 g/mol. The average molecular weight is 589 g/mol. The molecule has 0 saturated carbocycles. The standard InChI is InChI=1S/C28H36N6O.C6H12O2/c1-4-5-6-14-30-28(35)32-23-8-7-9-24-25(15-23)33-27-21(12-13-22(16-29)26(24)27)11-10-20-17-31-34(18-20)19(2)3;1-2-3-4-5-6(7)8/h7-9,12-13,15,17-19,33H,4-6,10-11,14,16,29H2,1-3H3,(H,30,35);2-5H2,1H3,(H,7,8). The van der Waals surface area contributed by atoms with Crippen LogP contribution in [0.5, 0.6) is 0 Å². The number of aliphatic carboxylic acids is 1. The van der Waals surface area contributed by atoms with Gasteiger partial charge in [0.05, 0.1) is 17.1 Å². The number of hydrogen-bond donors (Lipinski definition) is 4. The molecule has 2 amide bonds. The molecule has 0 atom stereocenters. The number of benzene rings is 1. The molecule has 0 fully saturated rings. The van der Waals surface area contributed by atoms with Gasteiger partial charge in [-0.3, -0.25) is 9.48 Å². The number of carboxylic acids is 1. The summed E-state index contributed by atoms with van der Waals surface area (Å²) >= 11 is 0. The van der Waals surface area contributed by atoms with Crippen LogP contribution in [-0.2, 0) is 24.2 Å². The van der Waals surface area contributed by atoms with Crippen molar-refractivity contribution in [3.8, 4) is 0 Å². The lowest BCUT2D eigenvalue weighted by atomic mass is 9.99. The number of aromatic nitrogens is 3. The van der Waals surface area contributed by atoms with Crippen LogP contribution in [0.2, 0.25) is 0 Å². The Morgan fingerprint density at radius 3 is 2.47 bits per heavy atom. The first-order chi connectivity index (χ1) is 20.8. The minimum absolute atomic E-state index is 0.304. The first-order valence-corrected chi connectivity index (χ1v) is 15.6. The van der Waals surface area contributed by atoms with Crippen LogP contribution in [0.1, 0.15) is 95.4 Å². The van der Waals surface area contributed by atoms with E-state index < -0.39 is 5.97 Å². The van der Waals surface area contributed by atoms with E-state index >= 15 is 0 Å². The van der Waals surface area contributed by atoms with Gasteiger partial charge >= 0.3 is 12.0 Å². The van der Waals surface area contributed by atoms with Crippen LogP contribution < -0.4 is 16.4 Å². The highest BCUT2D eigenvalue weighted by molar-refractivity contribution is 6.09. The maximum Gasteiger partial charge on any atom is 0.341 e. The topological polar surface area (TPSA) is 138 Å². The lowest BCUT2D eigenvalue weighted by Crippen LogP contribution is -2.22. The summed E-state index contributed by atoms with van der Waals surface area (Å²) in [7, 11) is 0. The second kappa shape index (κ2) is 17.2. The molecular formula is C34H48N6O3. The first-order valence-electron chi connectivity index (χ1n) is 15.6. The third-order valence-electron chi connectivity index (χ3n) is 7.39. The highest BCUT2D eigenvalue weighted by Gasteiger charge is 2.13. The Bertz CT molecular complexity index is 1550. The summed E-state index contributed by atoms with van der Waals surface area (Å²) < 4.78 is 2.00. The largest absolute Gasteiger partial charge is 0.481 e. The number of hydrogen-bond acceptors (Lipinski definition) is 4. The summed E-state index contributed by atoms with van der Waals surface area (Å²) in [4.78, 5) is 30.0. The Morgan fingerprint density at radius 1 is 1.05 bits per heavy atom. The Hall–Kier alpha value is -3.98.